The lowest BCUT2D eigenvalue weighted by molar-refractivity contribution is -0.385. The third-order valence-corrected chi connectivity index (χ3v) is 5.51. The average molecular weight is 429 g/mol. The van der Waals surface area contributed by atoms with Crippen molar-refractivity contribution in [1.82, 2.24) is 10.3 Å². The standard InChI is InChI=1S/C25H23N3O4/c1-17-14-18(28(30)31)15-27-24(17)12-6-7-13-26-25(29)32-16-23-21-10-4-2-8-19(21)20-9-3-5-11-22(20)23/h2-6,8-12,14-15,23H,7,13,16H2,1H3,(H,26,29). The van der Waals surface area contributed by atoms with Crippen LogP contribution in [0.4, 0.5) is 10.5 Å². The zero-order chi connectivity index (χ0) is 22.5. The van der Waals surface area contributed by atoms with Crippen LogP contribution in [0.3, 0.4) is 0 Å². The van der Waals surface area contributed by atoms with Gasteiger partial charge in [-0.3, -0.25) is 10.1 Å². The molecule has 0 radical (unpaired) electrons. The van der Waals surface area contributed by atoms with Crippen LogP contribution in [0, 0.1) is 17.0 Å². The number of carbonyl (C=O) groups is 1. The van der Waals surface area contributed by atoms with Gasteiger partial charge in [-0.05, 0) is 47.2 Å². The lowest BCUT2D eigenvalue weighted by Gasteiger charge is -2.14. The quantitative estimate of drug-likeness (QED) is 0.315. The molecule has 0 bridgehead atoms. The number of ether oxygens (including phenoxy) is 1. The number of hydrogen-bond donors (Lipinski definition) is 1. The Morgan fingerprint density at radius 2 is 1.81 bits per heavy atom. The minimum Gasteiger partial charge on any atom is -0.449 e. The lowest BCUT2D eigenvalue weighted by Crippen LogP contribution is -2.26. The highest BCUT2D eigenvalue weighted by Crippen LogP contribution is 2.44. The number of aryl methyl sites for hydroxylation is 1. The molecule has 0 saturated heterocycles. The summed E-state index contributed by atoms with van der Waals surface area (Å²) in [5.74, 6) is 0.0317. The molecular formula is C25H23N3O4. The summed E-state index contributed by atoms with van der Waals surface area (Å²) in [5, 5.41) is 13.5. The largest absolute Gasteiger partial charge is 0.449 e. The van der Waals surface area contributed by atoms with E-state index in [0.29, 0.717) is 18.7 Å². The van der Waals surface area contributed by atoms with Gasteiger partial charge >= 0.3 is 6.09 Å². The number of nitro groups is 1. The highest BCUT2D eigenvalue weighted by molar-refractivity contribution is 5.79. The molecule has 0 spiro atoms. The normalized spacial score (nSPS) is 12.4. The van der Waals surface area contributed by atoms with Crippen LogP contribution in [0.2, 0.25) is 0 Å². The van der Waals surface area contributed by atoms with Gasteiger partial charge in [-0.2, -0.15) is 0 Å². The smallest absolute Gasteiger partial charge is 0.407 e. The molecule has 162 valence electrons. The van der Waals surface area contributed by atoms with E-state index in [1.165, 1.54) is 34.5 Å². The number of nitrogens with zero attached hydrogens (tertiary/aromatic N) is 2. The third kappa shape index (κ3) is 4.51. The number of benzene rings is 2. The fraction of sp³-hybridized carbons (Fsp3) is 0.200. The molecule has 1 N–H and O–H groups in total. The van der Waals surface area contributed by atoms with Gasteiger partial charge in [-0.15, -0.1) is 0 Å². The fourth-order valence-electron chi connectivity index (χ4n) is 3.95. The Kier molecular flexibility index (Phi) is 6.26. The van der Waals surface area contributed by atoms with Gasteiger partial charge < -0.3 is 10.1 Å². The summed E-state index contributed by atoms with van der Waals surface area (Å²) in [7, 11) is 0. The van der Waals surface area contributed by atoms with E-state index in [9.17, 15) is 14.9 Å². The Labute approximate surface area is 185 Å². The molecule has 0 unspecified atom stereocenters. The number of nitrogens with one attached hydrogen (secondary N) is 1. The number of rotatable bonds is 7. The summed E-state index contributed by atoms with van der Waals surface area (Å²) in [5.41, 5.74) is 6.09. The molecule has 3 aromatic rings. The van der Waals surface area contributed by atoms with E-state index in [1.807, 2.05) is 30.3 Å². The van der Waals surface area contributed by atoms with Crippen molar-refractivity contribution in [2.45, 2.75) is 19.3 Å². The van der Waals surface area contributed by atoms with Gasteiger partial charge in [0, 0.05) is 18.5 Å². The van der Waals surface area contributed by atoms with Crippen molar-refractivity contribution >= 4 is 17.9 Å². The van der Waals surface area contributed by atoms with E-state index in [0.717, 1.165) is 5.56 Å². The van der Waals surface area contributed by atoms with Gasteiger partial charge in [0.25, 0.3) is 5.69 Å². The first-order valence-corrected chi connectivity index (χ1v) is 10.4. The number of carbonyl (C=O) groups excluding carboxylic acids is 1. The molecule has 1 amide bonds. The monoisotopic (exact) mass is 429 g/mol. The Morgan fingerprint density at radius 1 is 1.16 bits per heavy atom. The Balaban J connectivity index is 1.27. The first-order chi connectivity index (χ1) is 15.5. The van der Waals surface area contributed by atoms with E-state index in [2.05, 4.69) is 34.6 Å². The second-order valence-electron chi connectivity index (χ2n) is 7.60. The maximum absolute atomic E-state index is 12.2. The molecule has 2 aromatic carbocycles. The van der Waals surface area contributed by atoms with Crippen molar-refractivity contribution < 1.29 is 14.5 Å². The summed E-state index contributed by atoms with van der Waals surface area (Å²) in [6.45, 7) is 2.47. The minimum absolute atomic E-state index is 0.0310. The first-order valence-electron chi connectivity index (χ1n) is 10.4. The van der Waals surface area contributed by atoms with Crippen LogP contribution < -0.4 is 5.32 Å². The average Bonchev–Trinajstić information content (AvgIpc) is 3.12. The molecule has 32 heavy (non-hydrogen) atoms. The van der Waals surface area contributed by atoms with Gasteiger partial charge in [0.05, 0.1) is 10.6 Å². The van der Waals surface area contributed by atoms with Gasteiger partial charge in [0.1, 0.15) is 12.8 Å². The van der Waals surface area contributed by atoms with Crippen molar-refractivity contribution in [3.05, 3.63) is 99.4 Å². The molecule has 0 saturated carbocycles. The van der Waals surface area contributed by atoms with Gasteiger partial charge in [-0.25, -0.2) is 9.78 Å². The zero-order valence-electron chi connectivity index (χ0n) is 17.7. The van der Waals surface area contributed by atoms with Gasteiger partial charge in [0.15, 0.2) is 0 Å². The number of hydrogen-bond acceptors (Lipinski definition) is 5. The van der Waals surface area contributed by atoms with Crippen LogP contribution in [0.25, 0.3) is 17.2 Å². The molecule has 0 atom stereocenters. The highest BCUT2D eigenvalue weighted by Gasteiger charge is 2.28. The topological polar surface area (TPSA) is 94.4 Å². The van der Waals surface area contributed by atoms with Crippen LogP contribution in [-0.2, 0) is 4.74 Å². The number of alkyl carbamates (subject to hydrolysis) is 1. The van der Waals surface area contributed by atoms with E-state index >= 15 is 0 Å². The van der Waals surface area contributed by atoms with E-state index in [-0.39, 0.29) is 18.2 Å². The molecule has 1 heterocycles. The number of aromatic nitrogens is 1. The van der Waals surface area contributed by atoms with Crippen LogP contribution in [0.15, 0.2) is 66.9 Å². The van der Waals surface area contributed by atoms with Crippen molar-refractivity contribution in [3.63, 3.8) is 0 Å². The Morgan fingerprint density at radius 3 is 2.44 bits per heavy atom. The lowest BCUT2D eigenvalue weighted by atomic mass is 9.98. The molecule has 7 nitrogen and oxygen atoms in total. The summed E-state index contributed by atoms with van der Waals surface area (Å²) in [6, 6.07) is 17.9. The van der Waals surface area contributed by atoms with Crippen molar-refractivity contribution in [3.8, 4) is 11.1 Å². The van der Waals surface area contributed by atoms with Crippen LogP contribution in [0.5, 0.6) is 0 Å². The van der Waals surface area contributed by atoms with E-state index < -0.39 is 11.0 Å². The SMILES string of the molecule is Cc1cc([N+](=O)[O-])cnc1C=CCCNC(=O)OCC1c2ccccc2-c2ccccc21. The van der Waals surface area contributed by atoms with E-state index in [1.54, 1.807) is 13.0 Å². The summed E-state index contributed by atoms with van der Waals surface area (Å²) < 4.78 is 5.51. The summed E-state index contributed by atoms with van der Waals surface area (Å²) in [4.78, 5) is 26.6. The van der Waals surface area contributed by atoms with Crippen LogP contribution in [0.1, 0.15) is 34.7 Å². The molecule has 4 rings (SSSR count). The Hall–Kier alpha value is -4.00. The molecule has 0 aliphatic heterocycles. The summed E-state index contributed by atoms with van der Waals surface area (Å²) >= 11 is 0. The highest BCUT2D eigenvalue weighted by atomic mass is 16.6. The Bertz CT molecular complexity index is 1140. The predicted octanol–water partition coefficient (Wildman–Crippen LogP) is 5.24. The maximum Gasteiger partial charge on any atom is 0.407 e. The third-order valence-electron chi connectivity index (χ3n) is 5.51. The van der Waals surface area contributed by atoms with Gasteiger partial charge in [0.2, 0.25) is 0 Å². The zero-order valence-corrected chi connectivity index (χ0v) is 17.7. The van der Waals surface area contributed by atoms with Crippen LogP contribution in [-0.4, -0.2) is 29.2 Å². The van der Waals surface area contributed by atoms with Crippen molar-refractivity contribution in [2.24, 2.45) is 0 Å². The fourth-order valence-corrected chi connectivity index (χ4v) is 3.95. The predicted molar refractivity (Wildman–Crippen MR) is 122 cm³/mol. The van der Waals surface area contributed by atoms with E-state index in [4.69, 9.17) is 4.74 Å². The molecule has 0 fully saturated rings. The molecule has 1 aliphatic rings. The number of fused-ring (bicyclic) bond motifs is 3. The maximum atomic E-state index is 12.2. The summed E-state index contributed by atoms with van der Waals surface area (Å²) in [6.07, 6.45) is 5.03. The minimum atomic E-state index is -0.466. The molecule has 1 aromatic heterocycles. The second-order valence-corrected chi connectivity index (χ2v) is 7.60. The number of pyridine rings is 1. The number of amides is 1. The van der Waals surface area contributed by atoms with Crippen LogP contribution >= 0.6 is 0 Å². The van der Waals surface area contributed by atoms with Crippen molar-refractivity contribution in [2.75, 3.05) is 13.2 Å². The molecule has 1 aliphatic carbocycles. The molecular weight excluding hydrogens is 406 g/mol. The van der Waals surface area contributed by atoms with Gasteiger partial charge in [-0.1, -0.05) is 54.6 Å². The second kappa shape index (κ2) is 9.43. The van der Waals surface area contributed by atoms with Crippen molar-refractivity contribution in [1.29, 1.82) is 0 Å². The first kappa shape index (κ1) is 21.2. The molecule has 7 heteroatoms.